The maximum atomic E-state index is 12.1. The minimum atomic E-state index is -5.94. The molecule has 21 nitrogen and oxygen atoms in total. The Balaban J connectivity index is 1.58. The maximum Gasteiger partial charge on any atom is 0.490 e. The highest BCUT2D eigenvalue weighted by Crippen LogP contribution is 2.68. The Bertz CT molecular complexity index is 1250. The van der Waals surface area contributed by atoms with E-state index in [1.165, 1.54) is 0 Å². The molecular formula is C14H24N3O18P3. The van der Waals surface area contributed by atoms with Crippen LogP contribution in [-0.4, -0.2) is 101 Å². The van der Waals surface area contributed by atoms with Crippen LogP contribution in [0.25, 0.3) is 0 Å². The van der Waals surface area contributed by atoms with E-state index in [1.54, 1.807) is 0 Å². The smallest absolute Gasteiger partial charge is 0.388 e. The Hall–Kier alpha value is -1.19. The summed E-state index contributed by atoms with van der Waals surface area (Å²) in [4.78, 5) is 54.0. The summed E-state index contributed by atoms with van der Waals surface area (Å²) in [6, 6.07) is -0.186. The maximum absolute atomic E-state index is 12.1. The van der Waals surface area contributed by atoms with Crippen LogP contribution < -0.4 is 17.0 Å². The number of nitrogens with zero attached hydrogens (tertiary/aromatic N) is 1. The number of hydrogen-bond acceptors (Lipinski definition) is 16. The molecule has 3 rings (SSSR count). The van der Waals surface area contributed by atoms with Gasteiger partial charge in [0, 0.05) is 12.3 Å². The third-order valence-corrected chi connectivity index (χ3v) is 9.29. The third-order valence-electron chi connectivity index (χ3n) is 5.03. The van der Waals surface area contributed by atoms with Crippen LogP contribution in [0.5, 0.6) is 0 Å². The van der Waals surface area contributed by atoms with E-state index in [2.05, 4.69) is 17.7 Å². The van der Waals surface area contributed by atoms with Gasteiger partial charge in [0.05, 0.1) is 19.3 Å². The molecule has 0 saturated carbocycles. The molecule has 1 aromatic heterocycles. The van der Waals surface area contributed by atoms with Gasteiger partial charge in [-0.25, -0.2) is 18.5 Å². The summed E-state index contributed by atoms with van der Waals surface area (Å²) >= 11 is 0. The van der Waals surface area contributed by atoms with E-state index in [0.717, 1.165) is 12.3 Å². The summed E-state index contributed by atoms with van der Waals surface area (Å²) in [6.07, 6.45) is -11.7. The van der Waals surface area contributed by atoms with Gasteiger partial charge in [0.25, 0.3) is 5.56 Å². The predicted octanol–water partition coefficient (Wildman–Crippen LogP) is -4.07. The molecule has 2 fully saturated rings. The van der Waals surface area contributed by atoms with Crippen molar-refractivity contribution in [3.05, 3.63) is 33.1 Å². The summed E-state index contributed by atoms with van der Waals surface area (Å²) in [5.41, 5.74) is 3.62. The lowest BCUT2D eigenvalue weighted by molar-refractivity contribution is -0.218. The summed E-state index contributed by atoms with van der Waals surface area (Å²) in [5.74, 6) is 0. The normalized spacial score (nSPS) is 36.7. The van der Waals surface area contributed by atoms with Crippen molar-refractivity contribution in [2.45, 2.75) is 49.1 Å². The molecule has 3 unspecified atom stereocenters. The van der Waals surface area contributed by atoms with Crippen molar-refractivity contribution in [3.8, 4) is 0 Å². The van der Waals surface area contributed by atoms with E-state index in [-0.39, 0.29) is 0 Å². The van der Waals surface area contributed by atoms with Crippen LogP contribution in [0, 0.1) is 0 Å². The molecule has 2 aliphatic rings. The van der Waals surface area contributed by atoms with Crippen molar-refractivity contribution in [2.24, 2.45) is 5.73 Å². The van der Waals surface area contributed by atoms with Crippen LogP contribution in [0.3, 0.4) is 0 Å². The van der Waals surface area contributed by atoms with Crippen LogP contribution in [0.2, 0.25) is 0 Å². The van der Waals surface area contributed by atoms with Crippen LogP contribution in [0.4, 0.5) is 0 Å². The number of rotatable bonds is 10. The van der Waals surface area contributed by atoms with Crippen molar-refractivity contribution < 1.29 is 75.9 Å². The quantitative estimate of drug-likeness (QED) is 0.113. The number of ether oxygens (including phenoxy) is 2. The van der Waals surface area contributed by atoms with Gasteiger partial charge in [-0.15, -0.1) is 0 Å². The molecule has 0 bridgehead atoms. The fraction of sp³-hybridized carbons (Fsp3) is 0.714. The zero-order valence-corrected chi connectivity index (χ0v) is 21.4. The monoisotopic (exact) mass is 615 g/mol. The number of nitrogens with one attached hydrogen (secondary N) is 1. The molecule has 3 heterocycles. The van der Waals surface area contributed by atoms with Crippen LogP contribution in [0.1, 0.15) is 6.23 Å². The molecule has 10 N–H and O–H groups in total. The molecule has 38 heavy (non-hydrogen) atoms. The highest BCUT2D eigenvalue weighted by molar-refractivity contribution is 7.66. The van der Waals surface area contributed by atoms with Crippen LogP contribution in [0.15, 0.2) is 21.9 Å². The van der Waals surface area contributed by atoms with Crippen molar-refractivity contribution in [1.29, 1.82) is 0 Å². The van der Waals surface area contributed by atoms with Gasteiger partial charge in [0.15, 0.2) is 12.5 Å². The van der Waals surface area contributed by atoms with E-state index in [1.807, 2.05) is 4.98 Å². The minimum absolute atomic E-state index is 0.461. The molecule has 2 aliphatic heterocycles. The second kappa shape index (κ2) is 11.7. The number of aliphatic hydroxyl groups is 4. The van der Waals surface area contributed by atoms with Crippen LogP contribution >= 0.6 is 23.5 Å². The first-order chi connectivity index (χ1) is 17.4. The Morgan fingerprint density at radius 1 is 0.974 bits per heavy atom. The number of phosphoric ester groups is 2. The summed E-state index contributed by atoms with van der Waals surface area (Å²) < 4.78 is 63.3. The number of H-pyrrole nitrogens is 1. The molecule has 0 radical (unpaired) electrons. The van der Waals surface area contributed by atoms with Crippen molar-refractivity contribution in [2.75, 3.05) is 13.2 Å². The number of aromatic nitrogens is 2. The van der Waals surface area contributed by atoms with E-state index >= 15 is 0 Å². The molecule has 0 spiro atoms. The Kier molecular flexibility index (Phi) is 9.68. The van der Waals surface area contributed by atoms with Gasteiger partial charge in [-0.05, 0) is 0 Å². The van der Waals surface area contributed by atoms with Gasteiger partial charge in [-0.1, -0.05) is 0 Å². The fourth-order valence-electron chi connectivity index (χ4n) is 3.25. The van der Waals surface area contributed by atoms with Crippen molar-refractivity contribution in [1.82, 2.24) is 9.55 Å². The Morgan fingerprint density at radius 3 is 2.24 bits per heavy atom. The zero-order valence-electron chi connectivity index (χ0n) is 18.7. The van der Waals surface area contributed by atoms with Crippen LogP contribution in [-0.2, 0) is 40.8 Å². The molecule has 2 saturated heterocycles. The molecule has 24 heteroatoms. The van der Waals surface area contributed by atoms with Gasteiger partial charge in [0.1, 0.15) is 30.5 Å². The Morgan fingerprint density at radius 2 is 1.61 bits per heavy atom. The number of nitrogens with two attached hydrogens (primary N) is 1. The van der Waals surface area contributed by atoms with Gasteiger partial charge in [0.2, 0.25) is 0 Å². The molecule has 218 valence electrons. The van der Waals surface area contributed by atoms with Crippen molar-refractivity contribution >= 4 is 23.5 Å². The summed E-state index contributed by atoms with van der Waals surface area (Å²) in [5, 5.41) is 39.7. The van der Waals surface area contributed by atoms with E-state index in [4.69, 9.17) is 15.2 Å². The largest absolute Gasteiger partial charge is 0.490 e. The fourth-order valence-corrected chi connectivity index (χ4v) is 6.85. The minimum Gasteiger partial charge on any atom is -0.388 e. The number of phosphoric acid groups is 3. The molecule has 0 aromatic carbocycles. The lowest BCUT2D eigenvalue weighted by atomic mass is 10.0. The van der Waals surface area contributed by atoms with E-state index in [9.17, 15) is 58.4 Å². The van der Waals surface area contributed by atoms with Gasteiger partial charge < -0.3 is 50.3 Å². The SMILES string of the molecule is N[C@H]1CO[C@H](OP(=O)(O)OP(=O)(O)OP(=O)(O)OC[C@H]2O[C@@H](n3ccc(=O)[nH]c3=O)[C@H](O)[C@@H]2O)[C@H](O)[C@H]1O. The third kappa shape index (κ3) is 7.72. The summed E-state index contributed by atoms with van der Waals surface area (Å²) in [6.45, 7) is -1.56. The first-order valence-corrected chi connectivity index (χ1v) is 14.7. The lowest BCUT2D eigenvalue weighted by Gasteiger charge is -2.35. The number of hydrogen-bond donors (Lipinski definition) is 9. The first-order valence-electron chi connectivity index (χ1n) is 10.2. The first kappa shape index (κ1) is 31.3. The average molecular weight is 615 g/mol. The highest BCUT2D eigenvalue weighted by Gasteiger charge is 2.48. The summed E-state index contributed by atoms with van der Waals surface area (Å²) in [7, 11) is -17.3. The molecule has 0 amide bonds. The second-order valence-corrected chi connectivity index (χ2v) is 12.5. The predicted molar refractivity (Wildman–Crippen MR) is 116 cm³/mol. The van der Waals surface area contributed by atoms with Gasteiger partial charge in [-0.2, -0.15) is 8.62 Å². The average Bonchev–Trinajstić information content (AvgIpc) is 3.05. The topological polar surface area (TPSA) is 329 Å². The molecule has 11 atom stereocenters. The van der Waals surface area contributed by atoms with Gasteiger partial charge in [-0.3, -0.25) is 23.4 Å². The lowest BCUT2D eigenvalue weighted by Crippen LogP contribution is -2.56. The van der Waals surface area contributed by atoms with Crippen molar-refractivity contribution in [3.63, 3.8) is 0 Å². The second-order valence-electron chi connectivity index (χ2n) is 7.88. The highest BCUT2D eigenvalue weighted by atomic mass is 31.3. The molecule has 0 aliphatic carbocycles. The number of aromatic amines is 1. The molecule has 1 aromatic rings. The standard InChI is InChI=1S/C14H24N3O18P3/c15-5-3-30-13(11(22)8(5)19)33-37(26,27)35-38(28,29)34-36(24,25)31-4-6-9(20)10(21)12(32-6)17-2-1-7(18)16-14(17)23/h1-2,5-6,8-13,19-22H,3-4,15H2,(H,24,25)(H,26,27)(H,28,29)(H,16,18,23)/t5-,6+,8-,9+,10+,11+,12+,13+/m0/s1. The zero-order chi connectivity index (χ0) is 28.6. The van der Waals surface area contributed by atoms with E-state index in [0.29, 0.717) is 4.57 Å². The number of aliphatic hydroxyl groups excluding tert-OH is 4. The van der Waals surface area contributed by atoms with E-state index < -0.39 is 97.0 Å². The molecular weight excluding hydrogens is 591 g/mol. The van der Waals surface area contributed by atoms with Gasteiger partial charge >= 0.3 is 29.2 Å². The Labute approximate surface area is 210 Å².